The molecule has 23 heavy (non-hydrogen) atoms. The Bertz CT molecular complexity index is 604. The maximum Gasteiger partial charge on any atom is 0.214 e. The zero-order chi connectivity index (χ0) is 16.5. The lowest BCUT2D eigenvalue weighted by Gasteiger charge is -2.07. The highest BCUT2D eigenvalue weighted by molar-refractivity contribution is 5.87. The molecule has 0 aliphatic rings. The van der Waals surface area contributed by atoms with Gasteiger partial charge in [-0.3, -0.25) is 0 Å². The Morgan fingerprint density at radius 1 is 0.870 bits per heavy atom. The fraction of sp³-hybridized carbons (Fsp3) is 0.571. The Balaban J connectivity index is 1.79. The molecule has 1 aromatic heterocycles. The molecule has 0 saturated heterocycles. The Labute approximate surface area is 141 Å². The summed E-state index contributed by atoms with van der Waals surface area (Å²) in [5, 5.41) is 1.18. The molecular formula is C21H33N2+. The highest BCUT2D eigenvalue weighted by Crippen LogP contribution is 2.19. The predicted molar refractivity (Wildman–Crippen MR) is 101 cm³/mol. The molecule has 0 atom stereocenters. The van der Waals surface area contributed by atoms with E-state index in [-0.39, 0.29) is 0 Å². The van der Waals surface area contributed by atoms with E-state index in [9.17, 15) is 0 Å². The molecule has 1 heterocycles. The maximum atomic E-state index is 6.16. The van der Waals surface area contributed by atoms with Gasteiger partial charge in [0.2, 0.25) is 5.52 Å². The van der Waals surface area contributed by atoms with E-state index in [1.54, 1.807) is 0 Å². The van der Waals surface area contributed by atoms with E-state index in [0.717, 1.165) is 12.2 Å². The molecule has 0 fully saturated rings. The van der Waals surface area contributed by atoms with Gasteiger partial charge in [0, 0.05) is 25.5 Å². The Morgan fingerprint density at radius 3 is 2.17 bits per heavy atom. The molecule has 0 bridgehead atoms. The van der Waals surface area contributed by atoms with Gasteiger partial charge in [0.05, 0.1) is 11.1 Å². The maximum absolute atomic E-state index is 6.16. The fourth-order valence-electron chi connectivity index (χ4n) is 3.40. The molecule has 2 N–H and O–H groups in total. The van der Waals surface area contributed by atoms with Crippen LogP contribution in [-0.2, 0) is 6.54 Å². The highest BCUT2D eigenvalue weighted by Gasteiger charge is 2.14. The SMILES string of the molecule is CCCCCCCCCCC[n+]1c(C)cc(N)c2ccccc21. The van der Waals surface area contributed by atoms with Crippen LogP contribution in [0.3, 0.4) is 0 Å². The van der Waals surface area contributed by atoms with E-state index in [4.69, 9.17) is 5.73 Å². The minimum absolute atomic E-state index is 0.890. The first-order valence-corrected chi connectivity index (χ1v) is 9.41. The summed E-state index contributed by atoms with van der Waals surface area (Å²) < 4.78 is 2.42. The summed E-state index contributed by atoms with van der Waals surface area (Å²) in [6.45, 7) is 5.54. The summed E-state index contributed by atoms with van der Waals surface area (Å²) in [7, 11) is 0. The topological polar surface area (TPSA) is 29.9 Å². The van der Waals surface area contributed by atoms with Crippen molar-refractivity contribution in [2.45, 2.75) is 78.2 Å². The lowest BCUT2D eigenvalue weighted by molar-refractivity contribution is -0.677. The second-order valence-corrected chi connectivity index (χ2v) is 6.74. The van der Waals surface area contributed by atoms with Gasteiger partial charge in [0.1, 0.15) is 6.54 Å². The van der Waals surface area contributed by atoms with Crippen molar-refractivity contribution < 1.29 is 4.57 Å². The summed E-state index contributed by atoms with van der Waals surface area (Å²) in [6, 6.07) is 10.6. The van der Waals surface area contributed by atoms with Gasteiger partial charge >= 0.3 is 0 Å². The van der Waals surface area contributed by atoms with Gasteiger partial charge < -0.3 is 5.73 Å². The van der Waals surface area contributed by atoms with Crippen molar-refractivity contribution >= 4 is 16.6 Å². The van der Waals surface area contributed by atoms with Crippen molar-refractivity contribution in [3.63, 3.8) is 0 Å². The standard InChI is InChI=1S/C21H32N2/c1-3-4-5-6-7-8-9-10-13-16-23-18(2)17-20(22)19-14-11-12-15-21(19)23/h11-12,14-15,17,22H,3-10,13,16H2,1-2H3/p+1. The minimum atomic E-state index is 0.890. The van der Waals surface area contributed by atoms with Crippen LogP contribution in [0.2, 0.25) is 0 Å². The average molecular weight is 314 g/mol. The van der Waals surface area contributed by atoms with E-state index >= 15 is 0 Å². The predicted octanol–water partition coefficient (Wildman–Crippen LogP) is 5.55. The van der Waals surface area contributed by atoms with E-state index < -0.39 is 0 Å². The van der Waals surface area contributed by atoms with Crippen LogP contribution in [0.5, 0.6) is 0 Å². The molecule has 2 rings (SSSR count). The highest BCUT2D eigenvalue weighted by atomic mass is 15.0. The molecule has 126 valence electrons. The monoisotopic (exact) mass is 313 g/mol. The van der Waals surface area contributed by atoms with Crippen LogP contribution < -0.4 is 10.3 Å². The third-order valence-corrected chi connectivity index (χ3v) is 4.78. The number of pyridine rings is 1. The third kappa shape index (κ3) is 5.23. The van der Waals surface area contributed by atoms with Crippen LogP contribution in [0.15, 0.2) is 30.3 Å². The minimum Gasteiger partial charge on any atom is -0.398 e. The number of nitrogens with two attached hydrogens (primary N) is 1. The first-order valence-electron chi connectivity index (χ1n) is 9.41. The van der Waals surface area contributed by atoms with Crippen molar-refractivity contribution in [1.29, 1.82) is 0 Å². The molecule has 2 heteroatoms. The van der Waals surface area contributed by atoms with Crippen LogP contribution in [0, 0.1) is 6.92 Å². The lowest BCUT2D eigenvalue weighted by Crippen LogP contribution is -2.38. The van der Waals surface area contributed by atoms with Gasteiger partial charge in [-0.1, -0.05) is 64.0 Å². The van der Waals surface area contributed by atoms with Gasteiger partial charge in [-0.2, -0.15) is 4.57 Å². The number of para-hydroxylation sites is 1. The summed E-state index contributed by atoms with van der Waals surface area (Å²) in [6.07, 6.45) is 12.4. The summed E-state index contributed by atoms with van der Waals surface area (Å²) in [5.41, 5.74) is 9.58. The average Bonchev–Trinajstić information content (AvgIpc) is 2.56. The van der Waals surface area contributed by atoms with Gasteiger partial charge in [-0.25, -0.2) is 0 Å². The number of unbranched alkanes of at least 4 members (excludes halogenated alkanes) is 8. The summed E-state index contributed by atoms with van der Waals surface area (Å²) in [5.74, 6) is 0. The second kappa shape index (κ2) is 9.54. The molecule has 2 aromatic rings. The number of hydrogen-bond donors (Lipinski definition) is 1. The summed E-state index contributed by atoms with van der Waals surface area (Å²) in [4.78, 5) is 0. The van der Waals surface area contributed by atoms with Crippen LogP contribution in [0.25, 0.3) is 10.9 Å². The van der Waals surface area contributed by atoms with Crippen LogP contribution in [0.1, 0.15) is 70.4 Å². The number of nitrogen functional groups attached to an aromatic ring is 1. The zero-order valence-electron chi connectivity index (χ0n) is 15.0. The number of rotatable bonds is 10. The van der Waals surface area contributed by atoms with Crippen LogP contribution in [0.4, 0.5) is 5.69 Å². The number of nitrogens with zero attached hydrogens (tertiary/aromatic N) is 1. The van der Waals surface area contributed by atoms with Gasteiger partial charge in [-0.15, -0.1) is 0 Å². The van der Waals surface area contributed by atoms with E-state index in [2.05, 4.69) is 48.7 Å². The van der Waals surface area contributed by atoms with Gasteiger partial charge in [0.15, 0.2) is 5.69 Å². The second-order valence-electron chi connectivity index (χ2n) is 6.74. The number of fused-ring (bicyclic) bond motifs is 1. The van der Waals surface area contributed by atoms with Crippen LogP contribution in [-0.4, -0.2) is 0 Å². The van der Waals surface area contributed by atoms with E-state index in [1.807, 2.05) is 0 Å². The zero-order valence-corrected chi connectivity index (χ0v) is 15.0. The first kappa shape index (κ1) is 17.8. The smallest absolute Gasteiger partial charge is 0.214 e. The first-order chi connectivity index (χ1) is 11.2. The lowest BCUT2D eigenvalue weighted by atomic mass is 10.1. The number of aromatic nitrogens is 1. The number of aryl methyl sites for hydroxylation is 2. The molecule has 0 spiro atoms. The van der Waals surface area contributed by atoms with Crippen molar-refractivity contribution in [1.82, 2.24) is 0 Å². The van der Waals surface area contributed by atoms with Crippen LogP contribution >= 0.6 is 0 Å². The number of anilines is 1. The van der Waals surface area contributed by atoms with Gasteiger partial charge in [-0.05, 0) is 12.5 Å². The third-order valence-electron chi connectivity index (χ3n) is 4.78. The summed E-state index contributed by atoms with van der Waals surface area (Å²) >= 11 is 0. The van der Waals surface area contributed by atoms with E-state index in [0.29, 0.717) is 0 Å². The van der Waals surface area contributed by atoms with Crippen molar-refractivity contribution in [2.24, 2.45) is 0 Å². The normalized spacial score (nSPS) is 11.2. The number of hydrogen-bond acceptors (Lipinski definition) is 1. The Morgan fingerprint density at radius 2 is 1.48 bits per heavy atom. The molecule has 0 aliphatic heterocycles. The molecule has 0 aliphatic carbocycles. The van der Waals surface area contributed by atoms with Crippen molar-refractivity contribution in [3.8, 4) is 0 Å². The molecule has 0 amide bonds. The number of benzene rings is 1. The fourth-order valence-corrected chi connectivity index (χ4v) is 3.40. The van der Waals surface area contributed by atoms with Crippen molar-refractivity contribution in [2.75, 3.05) is 5.73 Å². The molecule has 0 unspecified atom stereocenters. The Hall–Kier alpha value is -1.57. The molecule has 1 aromatic carbocycles. The van der Waals surface area contributed by atoms with Crippen molar-refractivity contribution in [3.05, 3.63) is 36.0 Å². The van der Waals surface area contributed by atoms with E-state index in [1.165, 1.54) is 74.4 Å². The molecule has 2 nitrogen and oxygen atoms in total. The van der Waals surface area contributed by atoms with Gasteiger partial charge in [0.25, 0.3) is 0 Å². The molecule has 0 radical (unpaired) electrons. The quantitative estimate of drug-likeness (QED) is 0.452. The largest absolute Gasteiger partial charge is 0.398 e. The molecular weight excluding hydrogens is 280 g/mol. The molecule has 0 saturated carbocycles. The Kier molecular flexibility index (Phi) is 7.38.